The van der Waals surface area contributed by atoms with E-state index in [0.29, 0.717) is 12.8 Å². The molecule has 1 aromatic carbocycles. The van der Waals surface area contributed by atoms with Gasteiger partial charge in [0.15, 0.2) is 0 Å². The topological polar surface area (TPSA) is 108 Å². The Balaban J connectivity index is 1.93. The zero-order valence-corrected chi connectivity index (χ0v) is 17.3. The molecule has 3 atom stereocenters. The van der Waals surface area contributed by atoms with Gasteiger partial charge in [0.1, 0.15) is 12.2 Å². The number of aliphatic hydroxyl groups excluding tert-OH is 2. The molecule has 162 valence electrons. The van der Waals surface area contributed by atoms with Crippen LogP contribution in [-0.4, -0.2) is 64.2 Å². The second-order valence-electron chi connectivity index (χ2n) is 8.29. The van der Waals surface area contributed by atoms with Gasteiger partial charge in [0, 0.05) is 12.6 Å². The van der Waals surface area contributed by atoms with Crippen LogP contribution in [0.2, 0.25) is 0 Å². The van der Waals surface area contributed by atoms with Crippen LogP contribution in [0.3, 0.4) is 0 Å². The van der Waals surface area contributed by atoms with Gasteiger partial charge >= 0.3 is 12.2 Å². The summed E-state index contributed by atoms with van der Waals surface area (Å²) in [7, 11) is 0. The predicted molar refractivity (Wildman–Crippen MR) is 107 cm³/mol. The van der Waals surface area contributed by atoms with Crippen LogP contribution < -0.4 is 5.32 Å². The van der Waals surface area contributed by atoms with E-state index < -0.39 is 23.9 Å². The van der Waals surface area contributed by atoms with Gasteiger partial charge in [-0.05, 0) is 45.6 Å². The van der Waals surface area contributed by atoms with Crippen LogP contribution >= 0.6 is 0 Å². The Morgan fingerprint density at radius 3 is 2.48 bits per heavy atom. The van der Waals surface area contributed by atoms with Crippen LogP contribution in [0.4, 0.5) is 9.59 Å². The zero-order valence-electron chi connectivity index (χ0n) is 17.3. The quantitative estimate of drug-likeness (QED) is 0.639. The van der Waals surface area contributed by atoms with Crippen LogP contribution in [0.15, 0.2) is 30.3 Å². The third kappa shape index (κ3) is 7.55. The molecule has 3 N–H and O–H groups in total. The number of nitrogens with zero attached hydrogens (tertiary/aromatic N) is 1. The number of amides is 2. The number of carbonyl (C=O) groups is 2. The van der Waals surface area contributed by atoms with E-state index in [0.717, 1.165) is 5.56 Å². The van der Waals surface area contributed by atoms with Crippen LogP contribution in [0.5, 0.6) is 0 Å². The van der Waals surface area contributed by atoms with E-state index in [9.17, 15) is 14.7 Å². The second-order valence-corrected chi connectivity index (χ2v) is 8.29. The summed E-state index contributed by atoms with van der Waals surface area (Å²) in [6.45, 7) is 5.37. The van der Waals surface area contributed by atoms with E-state index in [4.69, 9.17) is 14.6 Å². The summed E-state index contributed by atoms with van der Waals surface area (Å²) < 4.78 is 10.7. The lowest BCUT2D eigenvalue weighted by atomic mass is 10.1. The molecule has 1 aliphatic heterocycles. The molecule has 1 saturated heterocycles. The van der Waals surface area contributed by atoms with Crippen molar-refractivity contribution in [2.45, 2.75) is 70.4 Å². The van der Waals surface area contributed by atoms with Crippen LogP contribution in [0, 0.1) is 0 Å². The lowest BCUT2D eigenvalue weighted by molar-refractivity contribution is 0.00558. The molecule has 0 spiro atoms. The predicted octanol–water partition coefficient (Wildman–Crippen LogP) is 2.42. The Kier molecular flexibility index (Phi) is 8.28. The maximum atomic E-state index is 12.7. The fraction of sp³-hybridized carbons (Fsp3) is 0.619. The van der Waals surface area contributed by atoms with Crippen molar-refractivity contribution in [3.63, 3.8) is 0 Å². The van der Waals surface area contributed by atoms with Crippen molar-refractivity contribution < 1.29 is 29.3 Å². The highest BCUT2D eigenvalue weighted by Crippen LogP contribution is 2.29. The number of hydrogen-bond acceptors (Lipinski definition) is 6. The van der Waals surface area contributed by atoms with Gasteiger partial charge in [0.05, 0.1) is 18.8 Å². The smallest absolute Gasteiger partial charge is 0.410 e. The van der Waals surface area contributed by atoms with Gasteiger partial charge in [-0.1, -0.05) is 30.3 Å². The number of ether oxygens (including phenoxy) is 2. The number of aliphatic hydroxyl groups is 2. The molecule has 1 aromatic rings. The molecular formula is C21H32N2O6. The summed E-state index contributed by atoms with van der Waals surface area (Å²) in [6, 6.07) is 8.82. The molecule has 1 fully saturated rings. The SMILES string of the molecule is CC(C)(C)OC(=O)N1[C@@H](CNC(=O)OCc2ccccc2)CC[C@H]1CC(O)CO. The number of hydrogen-bond donors (Lipinski definition) is 3. The molecule has 8 nitrogen and oxygen atoms in total. The zero-order chi connectivity index (χ0) is 21.4. The summed E-state index contributed by atoms with van der Waals surface area (Å²) in [4.78, 5) is 26.3. The Hall–Kier alpha value is -2.32. The first-order valence-electron chi connectivity index (χ1n) is 9.94. The number of alkyl carbamates (subject to hydrolysis) is 1. The molecule has 0 saturated carbocycles. The van der Waals surface area contributed by atoms with Crippen molar-refractivity contribution >= 4 is 12.2 Å². The van der Waals surface area contributed by atoms with Gasteiger partial charge in [-0.25, -0.2) is 9.59 Å². The van der Waals surface area contributed by atoms with Crippen molar-refractivity contribution in [1.82, 2.24) is 10.2 Å². The molecular weight excluding hydrogens is 376 g/mol. The third-order valence-corrected chi connectivity index (χ3v) is 4.67. The molecule has 2 amide bonds. The first-order valence-corrected chi connectivity index (χ1v) is 9.94. The number of likely N-dealkylation sites (tertiary alicyclic amines) is 1. The van der Waals surface area contributed by atoms with Crippen LogP contribution in [0.1, 0.15) is 45.6 Å². The van der Waals surface area contributed by atoms with Gasteiger partial charge in [-0.3, -0.25) is 0 Å². The van der Waals surface area contributed by atoms with Gasteiger partial charge < -0.3 is 29.9 Å². The molecule has 29 heavy (non-hydrogen) atoms. The van der Waals surface area contributed by atoms with E-state index in [2.05, 4.69) is 5.32 Å². The third-order valence-electron chi connectivity index (χ3n) is 4.67. The Bertz CT molecular complexity index is 661. The molecule has 0 radical (unpaired) electrons. The average molecular weight is 408 g/mol. The standard InChI is InChI=1S/C21H32N2O6/c1-21(2,3)29-20(27)23-16(11-18(25)13-24)9-10-17(23)12-22-19(26)28-14-15-7-5-4-6-8-15/h4-8,16-18,24-25H,9-14H2,1-3H3,(H,22,26)/t16-,17+,18?/m0/s1. The van der Waals surface area contributed by atoms with Crippen molar-refractivity contribution in [2.75, 3.05) is 13.2 Å². The number of carbonyl (C=O) groups excluding carboxylic acids is 2. The highest BCUT2D eigenvalue weighted by atomic mass is 16.6. The number of rotatable bonds is 7. The monoisotopic (exact) mass is 408 g/mol. The minimum Gasteiger partial charge on any atom is -0.445 e. The summed E-state index contributed by atoms with van der Waals surface area (Å²) in [5.41, 5.74) is 0.226. The summed E-state index contributed by atoms with van der Waals surface area (Å²) in [6.07, 6.45) is -0.396. The minimum absolute atomic E-state index is 0.165. The highest BCUT2D eigenvalue weighted by molar-refractivity contribution is 5.70. The Morgan fingerprint density at radius 2 is 1.86 bits per heavy atom. The van der Waals surface area contributed by atoms with E-state index in [-0.39, 0.29) is 38.3 Å². The highest BCUT2D eigenvalue weighted by Gasteiger charge is 2.40. The molecule has 1 heterocycles. The molecule has 1 unspecified atom stereocenters. The Labute approximate surface area is 171 Å². The van der Waals surface area contributed by atoms with E-state index in [1.165, 1.54) is 0 Å². The molecule has 2 rings (SSSR count). The lowest BCUT2D eigenvalue weighted by Crippen LogP contribution is -2.49. The molecule has 8 heteroatoms. The molecule has 0 aromatic heterocycles. The molecule has 0 aliphatic carbocycles. The first kappa shape index (κ1) is 23.0. The molecule has 0 bridgehead atoms. The summed E-state index contributed by atoms with van der Waals surface area (Å²) >= 11 is 0. The normalized spacial score (nSPS) is 20.2. The van der Waals surface area contributed by atoms with Crippen molar-refractivity contribution in [2.24, 2.45) is 0 Å². The largest absolute Gasteiger partial charge is 0.445 e. The second kappa shape index (κ2) is 10.5. The Morgan fingerprint density at radius 1 is 1.21 bits per heavy atom. The molecule has 1 aliphatic rings. The fourth-order valence-electron chi connectivity index (χ4n) is 3.37. The summed E-state index contributed by atoms with van der Waals surface area (Å²) in [5, 5.41) is 21.7. The van der Waals surface area contributed by atoms with Gasteiger partial charge in [0.2, 0.25) is 0 Å². The van der Waals surface area contributed by atoms with Crippen molar-refractivity contribution in [1.29, 1.82) is 0 Å². The lowest BCUT2D eigenvalue weighted by Gasteiger charge is -2.33. The van der Waals surface area contributed by atoms with Crippen LogP contribution in [-0.2, 0) is 16.1 Å². The van der Waals surface area contributed by atoms with E-state index in [1.54, 1.807) is 25.7 Å². The number of benzene rings is 1. The van der Waals surface area contributed by atoms with Gasteiger partial charge in [0.25, 0.3) is 0 Å². The van der Waals surface area contributed by atoms with Crippen LogP contribution in [0.25, 0.3) is 0 Å². The average Bonchev–Trinajstić information content (AvgIpc) is 3.06. The van der Waals surface area contributed by atoms with Gasteiger partial charge in [-0.15, -0.1) is 0 Å². The van der Waals surface area contributed by atoms with Crippen molar-refractivity contribution in [3.8, 4) is 0 Å². The summed E-state index contributed by atoms with van der Waals surface area (Å²) in [5.74, 6) is 0. The minimum atomic E-state index is -0.910. The fourth-order valence-corrected chi connectivity index (χ4v) is 3.37. The first-order chi connectivity index (χ1) is 13.7. The van der Waals surface area contributed by atoms with Crippen molar-refractivity contribution in [3.05, 3.63) is 35.9 Å². The maximum absolute atomic E-state index is 12.7. The maximum Gasteiger partial charge on any atom is 0.410 e. The van der Waals surface area contributed by atoms with E-state index >= 15 is 0 Å². The van der Waals surface area contributed by atoms with E-state index in [1.807, 2.05) is 30.3 Å². The van der Waals surface area contributed by atoms with Gasteiger partial charge in [-0.2, -0.15) is 0 Å². The number of nitrogens with one attached hydrogen (secondary N) is 1.